The van der Waals surface area contributed by atoms with Crippen molar-refractivity contribution in [3.05, 3.63) is 47.5 Å². The Labute approximate surface area is 109 Å². The molecular weight excluding hydrogens is 220 g/mol. The third kappa shape index (κ3) is 1.36. The molecule has 2 atom stereocenters. The van der Waals surface area contributed by atoms with Crippen LogP contribution in [0.15, 0.2) is 42.0 Å². The predicted molar refractivity (Wildman–Crippen MR) is 73.5 cm³/mol. The van der Waals surface area contributed by atoms with Gasteiger partial charge in [-0.1, -0.05) is 57.2 Å². The highest BCUT2D eigenvalue weighted by Crippen LogP contribution is 2.64. The van der Waals surface area contributed by atoms with Gasteiger partial charge < -0.3 is 0 Å². The molecule has 0 heterocycles. The van der Waals surface area contributed by atoms with Gasteiger partial charge in [0, 0.05) is 11.1 Å². The Bertz CT molecular complexity index is 524. The summed E-state index contributed by atoms with van der Waals surface area (Å²) in [5.74, 6) is 0.673. The number of hydrogen-bond acceptors (Lipinski definition) is 1. The van der Waals surface area contributed by atoms with Gasteiger partial charge in [0.25, 0.3) is 0 Å². The second kappa shape index (κ2) is 3.57. The first kappa shape index (κ1) is 11.7. The second-order valence-corrected chi connectivity index (χ2v) is 6.53. The maximum absolute atomic E-state index is 12.6. The van der Waals surface area contributed by atoms with Crippen LogP contribution < -0.4 is 0 Å². The molecule has 0 unspecified atom stereocenters. The smallest absolute Gasteiger partial charge is 0.189 e. The van der Waals surface area contributed by atoms with E-state index in [4.69, 9.17) is 0 Å². The van der Waals surface area contributed by atoms with Gasteiger partial charge in [0.1, 0.15) is 0 Å². The van der Waals surface area contributed by atoms with E-state index in [9.17, 15) is 4.79 Å². The lowest BCUT2D eigenvalue weighted by Gasteiger charge is -2.33. The summed E-state index contributed by atoms with van der Waals surface area (Å²) in [6.45, 7) is 6.93. The van der Waals surface area contributed by atoms with Crippen molar-refractivity contribution in [2.75, 3.05) is 0 Å². The molecule has 1 fully saturated rings. The molecule has 0 spiro atoms. The lowest BCUT2D eigenvalue weighted by atomic mass is 9.70. The number of carbonyl (C=O) groups is 1. The van der Waals surface area contributed by atoms with Crippen LogP contribution in [0.4, 0.5) is 0 Å². The largest absolute Gasteiger partial charge is 0.289 e. The Morgan fingerprint density at radius 3 is 2.33 bits per heavy atom. The van der Waals surface area contributed by atoms with Gasteiger partial charge in [0.2, 0.25) is 0 Å². The summed E-state index contributed by atoms with van der Waals surface area (Å²) >= 11 is 0. The van der Waals surface area contributed by atoms with E-state index in [0.717, 1.165) is 17.6 Å². The zero-order valence-corrected chi connectivity index (χ0v) is 11.4. The van der Waals surface area contributed by atoms with Crippen LogP contribution in [-0.4, -0.2) is 5.78 Å². The van der Waals surface area contributed by atoms with E-state index in [1.54, 1.807) is 0 Å². The standard InChI is InChI=1S/C17H20O/c1-16(2)14-9-10-17(16,3)11-13(14)15(18)12-7-5-4-6-8-12/h4-8,11,14H,9-10H2,1-3H3/t14-,17-/m1/s1. The van der Waals surface area contributed by atoms with E-state index in [-0.39, 0.29) is 16.6 Å². The first-order chi connectivity index (χ1) is 8.46. The number of ketones is 1. The molecule has 2 bridgehead atoms. The molecule has 18 heavy (non-hydrogen) atoms. The maximum atomic E-state index is 12.6. The topological polar surface area (TPSA) is 17.1 Å². The number of allylic oxidation sites excluding steroid dienone is 2. The summed E-state index contributed by atoms with van der Waals surface area (Å²) in [5.41, 5.74) is 2.32. The summed E-state index contributed by atoms with van der Waals surface area (Å²) in [6.07, 6.45) is 4.64. The molecule has 0 amide bonds. The number of rotatable bonds is 2. The van der Waals surface area contributed by atoms with Crippen molar-refractivity contribution >= 4 is 5.78 Å². The molecule has 0 aromatic heterocycles. The number of carbonyl (C=O) groups excluding carboxylic acids is 1. The lowest BCUT2D eigenvalue weighted by Crippen LogP contribution is -2.27. The average Bonchev–Trinajstić information content (AvgIpc) is 2.71. The highest BCUT2D eigenvalue weighted by Gasteiger charge is 2.57. The van der Waals surface area contributed by atoms with Crippen LogP contribution in [0.5, 0.6) is 0 Å². The monoisotopic (exact) mass is 240 g/mol. The number of Topliss-reactive ketones (excluding diaryl/α,β-unsaturated/α-hetero) is 1. The lowest BCUT2D eigenvalue weighted by molar-refractivity contribution is 0.101. The Morgan fingerprint density at radius 1 is 1.17 bits per heavy atom. The molecule has 1 nitrogen and oxygen atoms in total. The van der Waals surface area contributed by atoms with Crippen LogP contribution in [-0.2, 0) is 0 Å². The molecule has 0 radical (unpaired) electrons. The summed E-state index contributed by atoms with van der Waals surface area (Å²) < 4.78 is 0. The SMILES string of the molecule is CC1(C)[C@@H]2CC[C@]1(C)C=C2C(=O)c1ccccc1. The fourth-order valence-electron chi connectivity index (χ4n) is 3.75. The number of fused-ring (bicyclic) bond motifs is 2. The first-order valence-electron chi connectivity index (χ1n) is 6.78. The molecule has 1 aromatic rings. The molecule has 1 heteroatoms. The first-order valence-corrected chi connectivity index (χ1v) is 6.78. The molecule has 0 aliphatic heterocycles. The second-order valence-electron chi connectivity index (χ2n) is 6.53. The van der Waals surface area contributed by atoms with Gasteiger partial charge in [-0.25, -0.2) is 0 Å². The van der Waals surface area contributed by atoms with Gasteiger partial charge in [-0.15, -0.1) is 0 Å². The third-order valence-electron chi connectivity index (χ3n) is 5.44. The van der Waals surface area contributed by atoms with Crippen LogP contribution in [0, 0.1) is 16.7 Å². The molecule has 2 aliphatic carbocycles. The summed E-state index contributed by atoms with van der Waals surface area (Å²) in [5, 5.41) is 0. The predicted octanol–water partition coefficient (Wildman–Crippen LogP) is 4.25. The van der Waals surface area contributed by atoms with Gasteiger partial charge in [-0.3, -0.25) is 4.79 Å². The minimum Gasteiger partial charge on any atom is -0.289 e. The Morgan fingerprint density at radius 2 is 1.83 bits per heavy atom. The number of benzene rings is 1. The molecule has 2 aliphatic rings. The van der Waals surface area contributed by atoms with Crippen LogP contribution >= 0.6 is 0 Å². The van der Waals surface area contributed by atoms with Gasteiger partial charge in [-0.2, -0.15) is 0 Å². The normalized spacial score (nSPS) is 32.4. The minimum atomic E-state index is 0.206. The quantitative estimate of drug-likeness (QED) is 0.706. The van der Waals surface area contributed by atoms with E-state index >= 15 is 0 Å². The van der Waals surface area contributed by atoms with E-state index in [0.29, 0.717) is 5.92 Å². The average molecular weight is 240 g/mol. The van der Waals surface area contributed by atoms with E-state index < -0.39 is 0 Å². The number of hydrogen-bond donors (Lipinski definition) is 0. The van der Waals surface area contributed by atoms with Gasteiger partial charge in [0.15, 0.2) is 5.78 Å². The molecule has 1 aromatic carbocycles. The van der Waals surface area contributed by atoms with Crippen molar-refractivity contribution in [2.24, 2.45) is 16.7 Å². The van der Waals surface area contributed by atoms with Crippen LogP contribution in [0.2, 0.25) is 0 Å². The van der Waals surface area contributed by atoms with Crippen molar-refractivity contribution in [1.82, 2.24) is 0 Å². The molecule has 94 valence electrons. The minimum absolute atomic E-state index is 0.206. The van der Waals surface area contributed by atoms with Crippen molar-refractivity contribution in [1.29, 1.82) is 0 Å². The van der Waals surface area contributed by atoms with E-state index in [1.807, 2.05) is 30.3 Å². The van der Waals surface area contributed by atoms with Gasteiger partial charge in [-0.05, 0) is 29.6 Å². The van der Waals surface area contributed by atoms with Crippen LogP contribution in [0.25, 0.3) is 0 Å². The fraction of sp³-hybridized carbons (Fsp3) is 0.471. The Hall–Kier alpha value is -1.37. The fourth-order valence-corrected chi connectivity index (χ4v) is 3.75. The zero-order chi connectivity index (χ0) is 13.0. The van der Waals surface area contributed by atoms with Crippen molar-refractivity contribution in [3.63, 3.8) is 0 Å². The van der Waals surface area contributed by atoms with Gasteiger partial charge in [0.05, 0.1) is 0 Å². The zero-order valence-electron chi connectivity index (χ0n) is 11.4. The van der Waals surface area contributed by atoms with Crippen molar-refractivity contribution < 1.29 is 4.79 Å². The van der Waals surface area contributed by atoms with Crippen LogP contribution in [0.3, 0.4) is 0 Å². The highest BCUT2D eigenvalue weighted by molar-refractivity contribution is 6.09. The molecule has 3 rings (SSSR count). The van der Waals surface area contributed by atoms with Crippen LogP contribution in [0.1, 0.15) is 44.0 Å². The maximum Gasteiger partial charge on any atom is 0.189 e. The summed E-state index contributed by atoms with van der Waals surface area (Å²) in [7, 11) is 0. The molecule has 0 saturated heterocycles. The van der Waals surface area contributed by atoms with Gasteiger partial charge >= 0.3 is 0 Å². The summed E-state index contributed by atoms with van der Waals surface area (Å²) in [4.78, 5) is 12.6. The Kier molecular flexibility index (Phi) is 2.32. The molecule has 0 N–H and O–H groups in total. The highest BCUT2D eigenvalue weighted by atomic mass is 16.1. The van der Waals surface area contributed by atoms with E-state index in [1.165, 1.54) is 6.42 Å². The Balaban J connectivity index is 1.99. The molecule has 1 saturated carbocycles. The summed E-state index contributed by atoms with van der Waals surface area (Å²) in [6, 6.07) is 9.67. The van der Waals surface area contributed by atoms with Crippen molar-refractivity contribution in [2.45, 2.75) is 33.6 Å². The third-order valence-corrected chi connectivity index (χ3v) is 5.44. The molecular formula is C17H20O. The van der Waals surface area contributed by atoms with Crippen molar-refractivity contribution in [3.8, 4) is 0 Å². The van der Waals surface area contributed by atoms with E-state index in [2.05, 4.69) is 26.8 Å².